The van der Waals surface area contributed by atoms with Crippen LogP contribution in [-0.2, 0) is 0 Å². The highest BCUT2D eigenvalue weighted by molar-refractivity contribution is 6.42. The van der Waals surface area contributed by atoms with Gasteiger partial charge in [-0.05, 0) is 55.0 Å². The summed E-state index contributed by atoms with van der Waals surface area (Å²) in [5.74, 6) is 0.439. The number of pyridine rings is 2. The Morgan fingerprint density at radius 2 is 1.94 bits per heavy atom. The second-order valence-corrected chi connectivity index (χ2v) is 8.28. The Balaban J connectivity index is 1.59. The van der Waals surface area contributed by atoms with Gasteiger partial charge in [0.2, 0.25) is 5.95 Å². The van der Waals surface area contributed by atoms with Crippen molar-refractivity contribution >= 4 is 34.7 Å². The Labute approximate surface area is 199 Å². The van der Waals surface area contributed by atoms with Gasteiger partial charge in [0.25, 0.3) is 0 Å². The number of rotatable bonds is 5. The molecular weight excluding hydrogens is 457 g/mol. The molecule has 0 bridgehead atoms. The average molecular weight is 474 g/mol. The molecule has 0 saturated heterocycles. The van der Waals surface area contributed by atoms with Crippen LogP contribution in [0, 0.1) is 18.3 Å². The molecule has 1 atom stereocenters. The maximum Gasteiger partial charge on any atom is 0.202 e. The third kappa shape index (κ3) is 4.14. The van der Waals surface area contributed by atoms with Crippen LogP contribution in [0.1, 0.15) is 17.3 Å². The third-order valence-electron chi connectivity index (χ3n) is 5.21. The summed E-state index contributed by atoms with van der Waals surface area (Å²) in [6.07, 6.45) is 3.63. The van der Waals surface area contributed by atoms with Gasteiger partial charge in [0.15, 0.2) is 0 Å². The van der Waals surface area contributed by atoms with Gasteiger partial charge in [0.1, 0.15) is 11.7 Å². The molecular formula is C24H17Cl2N7. The van der Waals surface area contributed by atoms with Crippen molar-refractivity contribution in [3.63, 3.8) is 0 Å². The quantitative estimate of drug-likeness (QED) is 0.322. The molecule has 0 spiro atoms. The first kappa shape index (κ1) is 21.0. The third-order valence-corrected chi connectivity index (χ3v) is 5.95. The topological polar surface area (TPSA) is 94.7 Å². The first-order valence-electron chi connectivity index (χ1n) is 10.1. The number of H-pyrrole nitrogens is 1. The number of hydrogen-bond donors (Lipinski definition) is 2. The predicted molar refractivity (Wildman–Crippen MR) is 129 cm³/mol. The molecule has 0 saturated carbocycles. The standard InChI is InChI=1S/C24H17Cl2N7/c1-14-3-2-4-20(29-14)23-22(16-8-10-33-17(11-16)7-9-28-33)31-24(32-23)30-21(13-27)15-5-6-18(25)19(26)12-15/h2-12,21H,1H3,(H2,30,31,32). The fourth-order valence-electron chi connectivity index (χ4n) is 3.61. The monoisotopic (exact) mass is 473 g/mol. The number of nitriles is 1. The number of nitrogens with one attached hydrogen (secondary N) is 2. The summed E-state index contributed by atoms with van der Waals surface area (Å²) in [4.78, 5) is 12.8. The molecule has 0 radical (unpaired) electrons. The number of benzene rings is 1. The Hall–Kier alpha value is -3.86. The van der Waals surface area contributed by atoms with Crippen molar-refractivity contribution in [2.75, 3.05) is 5.32 Å². The number of halogens is 2. The Morgan fingerprint density at radius 3 is 2.73 bits per heavy atom. The lowest BCUT2D eigenvalue weighted by Gasteiger charge is -2.11. The van der Waals surface area contributed by atoms with Crippen molar-refractivity contribution < 1.29 is 0 Å². The number of hydrogen-bond acceptors (Lipinski definition) is 5. The summed E-state index contributed by atoms with van der Waals surface area (Å²) in [7, 11) is 0. The molecule has 4 aromatic heterocycles. The zero-order valence-corrected chi connectivity index (χ0v) is 18.9. The molecule has 2 N–H and O–H groups in total. The smallest absolute Gasteiger partial charge is 0.202 e. The first-order chi connectivity index (χ1) is 16.0. The van der Waals surface area contributed by atoms with Crippen molar-refractivity contribution in [3.8, 4) is 28.7 Å². The van der Waals surface area contributed by atoms with Crippen molar-refractivity contribution in [2.45, 2.75) is 13.0 Å². The van der Waals surface area contributed by atoms with Crippen molar-refractivity contribution in [3.05, 3.63) is 88.3 Å². The van der Waals surface area contributed by atoms with E-state index >= 15 is 0 Å². The average Bonchev–Trinajstić information content (AvgIpc) is 3.46. The number of imidazole rings is 1. The molecule has 162 valence electrons. The minimum atomic E-state index is -0.686. The fraction of sp³-hybridized carbons (Fsp3) is 0.0833. The zero-order valence-electron chi connectivity index (χ0n) is 17.4. The molecule has 5 rings (SSSR count). The molecule has 1 unspecified atom stereocenters. The van der Waals surface area contributed by atoms with E-state index in [-0.39, 0.29) is 0 Å². The molecule has 1 aromatic carbocycles. The van der Waals surface area contributed by atoms with Gasteiger partial charge in [0.05, 0.1) is 33.0 Å². The minimum Gasteiger partial charge on any atom is -0.336 e. The predicted octanol–water partition coefficient (Wildman–Crippen LogP) is 6.08. The normalized spacial score (nSPS) is 11.9. The molecule has 4 heterocycles. The van der Waals surface area contributed by atoms with E-state index < -0.39 is 6.04 Å². The van der Waals surface area contributed by atoms with Crippen LogP contribution in [-0.4, -0.2) is 24.6 Å². The lowest BCUT2D eigenvalue weighted by atomic mass is 10.1. The van der Waals surface area contributed by atoms with Crippen LogP contribution in [0.15, 0.2) is 67.0 Å². The maximum atomic E-state index is 9.79. The number of anilines is 1. The summed E-state index contributed by atoms with van der Waals surface area (Å²) >= 11 is 12.2. The zero-order chi connectivity index (χ0) is 22.9. The SMILES string of the molecule is Cc1cccc(-c2[nH]c(NC(C#N)c3ccc(Cl)c(Cl)c3)nc2-c2ccn3nccc3c2)n1. The van der Waals surface area contributed by atoms with Gasteiger partial charge in [-0.25, -0.2) is 9.50 Å². The summed E-state index contributed by atoms with van der Waals surface area (Å²) in [6.45, 7) is 1.94. The highest BCUT2D eigenvalue weighted by Gasteiger charge is 2.19. The highest BCUT2D eigenvalue weighted by atomic mass is 35.5. The molecule has 0 aliphatic carbocycles. The largest absolute Gasteiger partial charge is 0.336 e. The Kier molecular flexibility index (Phi) is 5.47. The van der Waals surface area contributed by atoms with Crippen LogP contribution in [0.4, 0.5) is 5.95 Å². The van der Waals surface area contributed by atoms with Crippen LogP contribution < -0.4 is 5.32 Å². The summed E-state index contributed by atoms with van der Waals surface area (Å²) < 4.78 is 1.79. The minimum absolute atomic E-state index is 0.384. The Morgan fingerprint density at radius 1 is 1.06 bits per heavy atom. The first-order valence-corrected chi connectivity index (χ1v) is 10.9. The van der Waals surface area contributed by atoms with E-state index in [1.807, 2.05) is 49.5 Å². The molecule has 0 amide bonds. The number of aryl methyl sites for hydroxylation is 1. The molecule has 0 fully saturated rings. The van der Waals surface area contributed by atoms with E-state index in [0.29, 0.717) is 27.3 Å². The van der Waals surface area contributed by atoms with E-state index in [4.69, 9.17) is 28.2 Å². The van der Waals surface area contributed by atoms with Crippen LogP contribution in [0.5, 0.6) is 0 Å². The summed E-state index contributed by atoms with van der Waals surface area (Å²) in [6, 6.07) is 18.4. The van der Waals surface area contributed by atoms with Crippen molar-refractivity contribution in [1.29, 1.82) is 5.26 Å². The van der Waals surface area contributed by atoms with Crippen molar-refractivity contribution in [2.24, 2.45) is 0 Å². The van der Waals surface area contributed by atoms with Gasteiger partial charge in [-0.2, -0.15) is 10.4 Å². The summed E-state index contributed by atoms with van der Waals surface area (Å²) in [5.41, 5.74) is 5.62. The van der Waals surface area contributed by atoms with E-state index in [1.165, 1.54) is 0 Å². The van der Waals surface area contributed by atoms with Gasteiger partial charge < -0.3 is 10.3 Å². The van der Waals surface area contributed by atoms with Gasteiger partial charge in [-0.1, -0.05) is 35.3 Å². The number of fused-ring (bicyclic) bond motifs is 1. The van der Waals surface area contributed by atoms with Crippen LogP contribution in [0.2, 0.25) is 10.0 Å². The molecule has 33 heavy (non-hydrogen) atoms. The van der Waals surface area contributed by atoms with Crippen molar-refractivity contribution in [1.82, 2.24) is 24.6 Å². The summed E-state index contributed by atoms with van der Waals surface area (Å²) in [5, 5.41) is 18.0. The number of aromatic nitrogens is 5. The Bertz CT molecular complexity index is 1510. The van der Waals surface area contributed by atoms with Gasteiger partial charge in [-0.3, -0.25) is 4.98 Å². The van der Waals surface area contributed by atoms with E-state index in [1.54, 1.807) is 28.9 Å². The van der Waals surface area contributed by atoms with Crippen LogP contribution >= 0.6 is 23.2 Å². The van der Waals surface area contributed by atoms with E-state index in [2.05, 4.69) is 26.5 Å². The van der Waals surface area contributed by atoms with Crippen LogP contribution in [0.3, 0.4) is 0 Å². The highest BCUT2D eigenvalue weighted by Crippen LogP contribution is 2.33. The van der Waals surface area contributed by atoms with E-state index in [9.17, 15) is 5.26 Å². The second kappa shape index (κ2) is 8.58. The number of aromatic amines is 1. The second-order valence-electron chi connectivity index (χ2n) is 7.47. The van der Waals surface area contributed by atoms with Gasteiger partial charge >= 0.3 is 0 Å². The lowest BCUT2D eigenvalue weighted by molar-refractivity contribution is 0.961. The fourth-order valence-corrected chi connectivity index (χ4v) is 3.91. The lowest BCUT2D eigenvalue weighted by Crippen LogP contribution is -2.09. The molecule has 5 aromatic rings. The van der Waals surface area contributed by atoms with E-state index in [0.717, 1.165) is 28.2 Å². The number of nitrogens with zero attached hydrogens (tertiary/aromatic N) is 5. The maximum absolute atomic E-state index is 9.79. The van der Waals surface area contributed by atoms with Gasteiger partial charge in [-0.15, -0.1) is 0 Å². The molecule has 0 aliphatic rings. The molecule has 7 nitrogen and oxygen atoms in total. The van der Waals surface area contributed by atoms with Gasteiger partial charge in [0, 0.05) is 23.7 Å². The van der Waals surface area contributed by atoms with Crippen LogP contribution in [0.25, 0.3) is 28.2 Å². The molecule has 0 aliphatic heterocycles. The molecule has 9 heteroatoms.